The lowest BCUT2D eigenvalue weighted by atomic mass is 9.88. The number of aromatic nitrogens is 2. The van der Waals surface area contributed by atoms with Gasteiger partial charge >= 0.3 is 6.03 Å². The van der Waals surface area contributed by atoms with Crippen LogP contribution in [0.25, 0.3) is 0 Å². The fraction of sp³-hybridized carbons (Fsp3) is 0.368. The summed E-state index contributed by atoms with van der Waals surface area (Å²) in [6.45, 7) is 0.988. The monoisotopic (exact) mass is 387 g/mol. The van der Waals surface area contributed by atoms with Crippen molar-refractivity contribution in [1.82, 2.24) is 14.7 Å². The van der Waals surface area contributed by atoms with E-state index >= 15 is 0 Å². The molecule has 3 rings (SSSR count). The van der Waals surface area contributed by atoms with Crippen LogP contribution in [0.4, 0.5) is 19.4 Å². The van der Waals surface area contributed by atoms with Crippen LogP contribution in [0.5, 0.6) is 0 Å². The third kappa shape index (κ3) is 4.34. The van der Waals surface area contributed by atoms with Gasteiger partial charge in [-0.15, -0.1) is 0 Å². The molecule has 0 aliphatic carbocycles. The van der Waals surface area contributed by atoms with Crippen molar-refractivity contribution >= 4 is 11.8 Å². The van der Waals surface area contributed by atoms with E-state index in [1.807, 2.05) is 6.07 Å². The molecule has 0 unspecified atom stereocenters. The number of hydrogen-bond donors (Lipinski definition) is 1. The SMILES string of the molecule is Cn1nc(NC(=O)N2CCC(Cc3cc(F)c(F)cc3C#N)CC2)ccc1=O. The minimum atomic E-state index is -1.03. The molecule has 2 aromatic rings. The summed E-state index contributed by atoms with van der Waals surface area (Å²) in [5.74, 6) is -1.54. The second-order valence-electron chi connectivity index (χ2n) is 6.78. The Kier molecular flexibility index (Phi) is 5.68. The van der Waals surface area contributed by atoms with Crippen molar-refractivity contribution in [2.24, 2.45) is 13.0 Å². The van der Waals surface area contributed by atoms with E-state index in [1.54, 1.807) is 4.90 Å². The molecule has 146 valence electrons. The molecule has 1 aromatic carbocycles. The van der Waals surface area contributed by atoms with Crippen molar-refractivity contribution in [2.45, 2.75) is 19.3 Å². The molecule has 1 aliphatic heterocycles. The van der Waals surface area contributed by atoms with E-state index < -0.39 is 11.6 Å². The topological polar surface area (TPSA) is 91.0 Å². The predicted molar refractivity (Wildman–Crippen MR) is 97.6 cm³/mol. The molecule has 2 amide bonds. The van der Waals surface area contributed by atoms with E-state index in [0.717, 1.165) is 16.8 Å². The van der Waals surface area contributed by atoms with Crippen molar-refractivity contribution in [1.29, 1.82) is 5.26 Å². The highest BCUT2D eigenvalue weighted by molar-refractivity contribution is 5.88. The number of nitriles is 1. The highest BCUT2D eigenvalue weighted by Crippen LogP contribution is 2.25. The number of rotatable bonds is 3. The first-order valence-corrected chi connectivity index (χ1v) is 8.85. The molecule has 0 saturated carbocycles. The van der Waals surface area contributed by atoms with Crippen LogP contribution in [0.15, 0.2) is 29.1 Å². The lowest BCUT2D eigenvalue weighted by molar-refractivity contribution is 0.182. The van der Waals surface area contributed by atoms with Crippen molar-refractivity contribution in [3.8, 4) is 6.07 Å². The summed E-state index contributed by atoms with van der Waals surface area (Å²) in [5.41, 5.74) is 0.353. The molecule has 1 aliphatic rings. The van der Waals surface area contributed by atoms with E-state index in [0.29, 0.717) is 37.9 Å². The normalized spacial score (nSPS) is 14.6. The predicted octanol–water partition coefficient (Wildman–Crippen LogP) is 2.42. The molecule has 0 radical (unpaired) electrons. The number of amides is 2. The number of halogens is 2. The zero-order valence-electron chi connectivity index (χ0n) is 15.3. The summed E-state index contributed by atoms with van der Waals surface area (Å²) in [7, 11) is 1.50. The summed E-state index contributed by atoms with van der Waals surface area (Å²) in [6.07, 6.45) is 1.81. The molecule has 9 heteroatoms. The summed E-state index contributed by atoms with van der Waals surface area (Å²) in [5, 5.41) is 15.7. The molecule has 1 aromatic heterocycles. The second kappa shape index (κ2) is 8.17. The zero-order chi connectivity index (χ0) is 20.3. The van der Waals surface area contributed by atoms with Gasteiger partial charge in [0.15, 0.2) is 17.5 Å². The lowest BCUT2D eigenvalue weighted by Gasteiger charge is -2.32. The third-order valence-corrected chi connectivity index (χ3v) is 4.87. The number of carbonyl (C=O) groups excluding carboxylic acids is 1. The van der Waals surface area contributed by atoms with Gasteiger partial charge in [0.1, 0.15) is 0 Å². The number of carbonyl (C=O) groups is 1. The summed E-state index contributed by atoms with van der Waals surface area (Å²) in [6, 6.07) is 6.37. The van der Waals surface area contributed by atoms with Gasteiger partial charge in [0, 0.05) is 26.2 Å². The molecule has 1 saturated heterocycles. The van der Waals surface area contributed by atoms with Crippen molar-refractivity contribution in [3.05, 3.63) is 57.4 Å². The van der Waals surface area contributed by atoms with Crippen molar-refractivity contribution in [2.75, 3.05) is 18.4 Å². The maximum atomic E-state index is 13.5. The first kappa shape index (κ1) is 19.5. The smallest absolute Gasteiger partial charge is 0.323 e. The molecule has 1 N–H and O–H groups in total. The number of nitrogens with zero attached hydrogens (tertiary/aromatic N) is 4. The van der Waals surface area contributed by atoms with Gasteiger partial charge in [-0.05, 0) is 48.9 Å². The Morgan fingerprint density at radius 3 is 2.61 bits per heavy atom. The maximum absolute atomic E-state index is 13.5. The van der Waals surface area contributed by atoms with Gasteiger partial charge < -0.3 is 4.90 Å². The molecule has 1 fully saturated rings. The van der Waals surface area contributed by atoms with E-state index in [9.17, 15) is 18.4 Å². The van der Waals surface area contributed by atoms with Gasteiger partial charge in [-0.2, -0.15) is 10.4 Å². The minimum absolute atomic E-state index is 0.139. The summed E-state index contributed by atoms with van der Waals surface area (Å²) >= 11 is 0. The highest BCUT2D eigenvalue weighted by atomic mass is 19.2. The Labute approximate surface area is 160 Å². The standard InChI is InChI=1S/C19H19F2N5O2/c1-25-18(27)3-2-17(24-25)23-19(28)26-6-4-12(5-7-26)8-13-9-15(20)16(21)10-14(13)11-22/h2-3,9-10,12H,4-8H2,1H3,(H,23,24,28). The Hall–Kier alpha value is -3.28. The molecule has 0 bridgehead atoms. The molecular weight excluding hydrogens is 368 g/mol. The minimum Gasteiger partial charge on any atom is -0.324 e. The average molecular weight is 387 g/mol. The van der Waals surface area contributed by atoms with E-state index in [2.05, 4.69) is 10.4 Å². The summed E-state index contributed by atoms with van der Waals surface area (Å²) < 4.78 is 27.9. The third-order valence-electron chi connectivity index (χ3n) is 4.87. The van der Waals surface area contributed by atoms with Gasteiger partial charge in [-0.3, -0.25) is 10.1 Å². The molecule has 2 heterocycles. The number of anilines is 1. The van der Waals surface area contributed by atoms with Crippen LogP contribution < -0.4 is 10.9 Å². The maximum Gasteiger partial charge on any atom is 0.323 e. The molecule has 0 spiro atoms. The van der Waals surface area contributed by atoms with Crippen LogP contribution in [0.3, 0.4) is 0 Å². The van der Waals surface area contributed by atoms with Crippen LogP contribution in [0.2, 0.25) is 0 Å². The number of urea groups is 1. The Morgan fingerprint density at radius 1 is 1.29 bits per heavy atom. The van der Waals surface area contributed by atoms with Crippen LogP contribution in [0.1, 0.15) is 24.0 Å². The first-order valence-electron chi connectivity index (χ1n) is 8.85. The van der Waals surface area contributed by atoms with Gasteiger partial charge in [0.05, 0.1) is 11.6 Å². The van der Waals surface area contributed by atoms with Crippen molar-refractivity contribution in [3.63, 3.8) is 0 Å². The number of likely N-dealkylation sites (tertiary alicyclic amines) is 1. The molecule has 7 nitrogen and oxygen atoms in total. The fourth-order valence-electron chi connectivity index (χ4n) is 3.27. The van der Waals surface area contributed by atoms with E-state index in [4.69, 9.17) is 5.26 Å². The molecular formula is C19H19F2N5O2. The van der Waals surface area contributed by atoms with Crippen LogP contribution in [-0.2, 0) is 13.5 Å². The average Bonchev–Trinajstić information content (AvgIpc) is 2.68. The lowest BCUT2D eigenvalue weighted by Crippen LogP contribution is -2.41. The van der Waals surface area contributed by atoms with Crippen LogP contribution in [-0.4, -0.2) is 33.8 Å². The number of piperidine rings is 1. The molecule has 0 atom stereocenters. The Morgan fingerprint density at radius 2 is 1.96 bits per heavy atom. The number of aryl methyl sites for hydroxylation is 1. The van der Waals surface area contributed by atoms with E-state index in [1.165, 1.54) is 19.2 Å². The number of hydrogen-bond acceptors (Lipinski definition) is 4. The Balaban J connectivity index is 1.58. The number of nitrogens with one attached hydrogen (secondary N) is 1. The quantitative estimate of drug-likeness (QED) is 0.876. The van der Waals surface area contributed by atoms with Crippen molar-refractivity contribution < 1.29 is 13.6 Å². The molecule has 28 heavy (non-hydrogen) atoms. The summed E-state index contributed by atoms with van der Waals surface area (Å²) in [4.78, 5) is 25.3. The first-order chi connectivity index (χ1) is 13.4. The van der Waals surface area contributed by atoms with Gasteiger partial charge in [-0.25, -0.2) is 18.3 Å². The Bertz CT molecular complexity index is 991. The zero-order valence-corrected chi connectivity index (χ0v) is 15.3. The largest absolute Gasteiger partial charge is 0.324 e. The highest BCUT2D eigenvalue weighted by Gasteiger charge is 2.24. The van der Waals surface area contributed by atoms with E-state index in [-0.39, 0.29) is 28.9 Å². The number of benzene rings is 1. The fourth-order valence-corrected chi connectivity index (χ4v) is 3.27. The van der Waals surface area contributed by atoms with Crippen LogP contribution in [0, 0.1) is 28.9 Å². The van der Waals surface area contributed by atoms with Crippen LogP contribution >= 0.6 is 0 Å². The van der Waals surface area contributed by atoms with Gasteiger partial charge in [0.25, 0.3) is 5.56 Å². The van der Waals surface area contributed by atoms with Gasteiger partial charge in [0.2, 0.25) is 0 Å². The second-order valence-corrected chi connectivity index (χ2v) is 6.78. The van der Waals surface area contributed by atoms with Gasteiger partial charge in [-0.1, -0.05) is 0 Å².